The van der Waals surface area contributed by atoms with Crippen LogP contribution in [-0.2, 0) is 11.2 Å². The third kappa shape index (κ3) is 3.90. The fourth-order valence-electron chi connectivity index (χ4n) is 3.44. The van der Waals surface area contributed by atoms with Crippen LogP contribution in [0.1, 0.15) is 39.0 Å². The van der Waals surface area contributed by atoms with Crippen molar-refractivity contribution in [1.82, 2.24) is 5.32 Å². The molecule has 0 fully saturated rings. The van der Waals surface area contributed by atoms with Crippen molar-refractivity contribution in [1.29, 1.82) is 0 Å². The van der Waals surface area contributed by atoms with Crippen LogP contribution in [0.15, 0.2) is 36.4 Å². The molecule has 2 aromatic carbocycles. The molecule has 0 unspecified atom stereocenters. The molecule has 0 aliphatic carbocycles. The number of rotatable bonds is 3. The van der Waals surface area contributed by atoms with E-state index in [0.717, 1.165) is 29.7 Å². The van der Waals surface area contributed by atoms with Crippen LogP contribution in [0.2, 0.25) is 0 Å². The molecular formula is C21H24N2O2. The first-order chi connectivity index (χ1) is 11.9. The number of carbonyl (C=O) groups is 2. The van der Waals surface area contributed by atoms with E-state index >= 15 is 0 Å². The van der Waals surface area contributed by atoms with Crippen LogP contribution in [0.3, 0.4) is 0 Å². The SMILES string of the molecule is Cc1cc(C)cc(C(=O)NCC(=O)N2CCCc3cc(C)ccc32)c1. The maximum atomic E-state index is 12.6. The lowest BCUT2D eigenvalue weighted by atomic mass is 9.99. The second-order valence-electron chi connectivity index (χ2n) is 6.84. The highest BCUT2D eigenvalue weighted by molar-refractivity contribution is 6.01. The van der Waals surface area contributed by atoms with E-state index in [1.54, 1.807) is 4.90 Å². The molecule has 0 bridgehead atoms. The summed E-state index contributed by atoms with van der Waals surface area (Å²) < 4.78 is 0. The summed E-state index contributed by atoms with van der Waals surface area (Å²) in [6.45, 7) is 6.70. The fourth-order valence-corrected chi connectivity index (χ4v) is 3.44. The standard InChI is InChI=1S/C21H24N2O2/c1-14-6-7-19-17(10-14)5-4-8-23(19)20(24)13-22-21(25)18-11-15(2)9-16(3)12-18/h6-7,9-12H,4-5,8,13H2,1-3H3,(H,22,25). The van der Waals surface area contributed by atoms with Crippen LogP contribution < -0.4 is 10.2 Å². The summed E-state index contributed by atoms with van der Waals surface area (Å²) in [5, 5.41) is 2.76. The van der Waals surface area contributed by atoms with Crippen molar-refractivity contribution in [2.24, 2.45) is 0 Å². The summed E-state index contributed by atoms with van der Waals surface area (Å²) in [6, 6.07) is 11.9. The lowest BCUT2D eigenvalue weighted by molar-refractivity contribution is -0.117. The summed E-state index contributed by atoms with van der Waals surface area (Å²) in [7, 11) is 0. The number of aryl methyl sites for hydroxylation is 4. The predicted molar refractivity (Wildman–Crippen MR) is 100 cm³/mol. The van der Waals surface area contributed by atoms with E-state index in [2.05, 4.69) is 18.3 Å². The van der Waals surface area contributed by atoms with Gasteiger partial charge in [0.2, 0.25) is 5.91 Å². The van der Waals surface area contributed by atoms with Gasteiger partial charge in [-0.1, -0.05) is 34.9 Å². The topological polar surface area (TPSA) is 49.4 Å². The number of amides is 2. The second kappa shape index (κ2) is 7.09. The number of hydrogen-bond donors (Lipinski definition) is 1. The minimum atomic E-state index is -0.207. The van der Waals surface area contributed by atoms with Gasteiger partial charge in [0, 0.05) is 17.8 Å². The first-order valence-corrected chi connectivity index (χ1v) is 8.70. The van der Waals surface area contributed by atoms with Gasteiger partial charge >= 0.3 is 0 Å². The molecule has 0 saturated carbocycles. The number of carbonyl (C=O) groups excluding carboxylic acids is 2. The lowest BCUT2D eigenvalue weighted by Gasteiger charge is -2.30. The van der Waals surface area contributed by atoms with E-state index in [9.17, 15) is 9.59 Å². The van der Waals surface area contributed by atoms with Crippen LogP contribution >= 0.6 is 0 Å². The van der Waals surface area contributed by atoms with Crippen molar-refractivity contribution in [3.05, 3.63) is 64.2 Å². The normalized spacial score (nSPS) is 13.3. The molecule has 25 heavy (non-hydrogen) atoms. The van der Waals surface area contributed by atoms with E-state index in [4.69, 9.17) is 0 Å². The monoisotopic (exact) mass is 336 g/mol. The van der Waals surface area contributed by atoms with Gasteiger partial charge in [-0.3, -0.25) is 9.59 Å². The van der Waals surface area contributed by atoms with Crippen molar-refractivity contribution in [3.63, 3.8) is 0 Å². The van der Waals surface area contributed by atoms with Gasteiger partial charge in [0.05, 0.1) is 6.54 Å². The molecule has 0 atom stereocenters. The maximum absolute atomic E-state index is 12.6. The molecule has 4 heteroatoms. The van der Waals surface area contributed by atoms with E-state index in [1.165, 1.54) is 11.1 Å². The Bertz CT molecular complexity index is 806. The smallest absolute Gasteiger partial charge is 0.251 e. The van der Waals surface area contributed by atoms with Gasteiger partial charge in [0.15, 0.2) is 0 Å². The second-order valence-corrected chi connectivity index (χ2v) is 6.84. The highest BCUT2D eigenvalue weighted by atomic mass is 16.2. The third-order valence-corrected chi connectivity index (χ3v) is 4.54. The Morgan fingerprint density at radius 1 is 1.00 bits per heavy atom. The molecule has 1 heterocycles. The van der Waals surface area contributed by atoms with Gasteiger partial charge in [0.25, 0.3) is 5.91 Å². The van der Waals surface area contributed by atoms with Crippen LogP contribution in [0, 0.1) is 20.8 Å². The quantitative estimate of drug-likeness (QED) is 0.935. The Kier molecular flexibility index (Phi) is 4.88. The molecule has 2 amide bonds. The minimum absolute atomic E-state index is 0.0130. The fraction of sp³-hybridized carbons (Fsp3) is 0.333. The Hall–Kier alpha value is -2.62. The number of hydrogen-bond acceptors (Lipinski definition) is 2. The zero-order chi connectivity index (χ0) is 18.0. The molecule has 1 aliphatic heterocycles. The highest BCUT2D eigenvalue weighted by Gasteiger charge is 2.22. The average molecular weight is 336 g/mol. The van der Waals surface area contributed by atoms with E-state index in [0.29, 0.717) is 12.1 Å². The summed E-state index contributed by atoms with van der Waals surface area (Å²) in [5.74, 6) is -0.274. The van der Waals surface area contributed by atoms with Crippen LogP contribution in [0.4, 0.5) is 5.69 Å². The number of nitrogens with zero attached hydrogens (tertiary/aromatic N) is 1. The first-order valence-electron chi connectivity index (χ1n) is 8.70. The molecular weight excluding hydrogens is 312 g/mol. The van der Waals surface area contributed by atoms with Gasteiger partial charge in [-0.25, -0.2) is 0 Å². The minimum Gasteiger partial charge on any atom is -0.343 e. The summed E-state index contributed by atoms with van der Waals surface area (Å²) in [6.07, 6.45) is 1.95. The number of anilines is 1. The molecule has 4 nitrogen and oxygen atoms in total. The zero-order valence-electron chi connectivity index (χ0n) is 15.1. The molecule has 2 aromatic rings. The van der Waals surface area contributed by atoms with Crippen molar-refractivity contribution in [3.8, 4) is 0 Å². The van der Waals surface area contributed by atoms with Gasteiger partial charge in [-0.15, -0.1) is 0 Å². The van der Waals surface area contributed by atoms with Gasteiger partial charge in [-0.2, -0.15) is 0 Å². The van der Waals surface area contributed by atoms with E-state index in [-0.39, 0.29) is 18.4 Å². The molecule has 1 N–H and O–H groups in total. The van der Waals surface area contributed by atoms with Crippen LogP contribution in [0.5, 0.6) is 0 Å². The predicted octanol–water partition coefficient (Wildman–Crippen LogP) is 3.32. The first kappa shape index (κ1) is 17.2. The number of fused-ring (bicyclic) bond motifs is 1. The molecule has 0 aromatic heterocycles. The van der Waals surface area contributed by atoms with E-state index < -0.39 is 0 Å². The van der Waals surface area contributed by atoms with Crippen molar-refractivity contribution in [2.45, 2.75) is 33.6 Å². The summed E-state index contributed by atoms with van der Waals surface area (Å²) in [4.78, 5) is 26.8. The summed E-state index contributed by atoms with van der Waals surface area (Å²) in [5.41, 5.74) is 6.06. The largest absolute Gasteiger partial charge is 0.343 e. The van der Waals surface area contributed by atoms with Gasteiger partial charge < -0.3 is 10.2 Å². The molecule has 0 spiro atoms. The molecule has 130 valence electrons. The van der Waals surface area contributed by atoms with Crippen LogP contribution in [0.25, 0.3) is 0 Å². The number of benzene rings is 2. The van der Waals surface area contributed by atoms with Gasteiger partial charge in [0.1, 0.15) is 0 Å². The van der Waals surface area contributed by atoms with Gasteiger partial charge in [-0.05, 0) is 57.4 Å². The van der Waals surface area contributed by atoms with E-state index in [1.807, 2.05) is 44.2 Å². The molecule has 0 saturated heterocycles. The third-order valence-electron chi connectivity index (χ3n) is 4.54. The molecule has 3 rings (SSSR count). The Balaban J connectivity index is 1.68. The lowest BCUT2D eigenvalue weighted by Crippen LogP contribution is -2.42. The van der Waals surface area contributed by atoms with Crippen molar-refractivity contribution >= 4 is 17.5 Å². The number of nitrogens with one attached hydrogen (secondary N) is 1. The van der Waals surface area contributed by atoms with Crippen LogP contribution in [-0.4, -0.2) is 24.9 Å². The summed E-state index contributed by atoms with van der Waals surface area (Å²) >= 11 is 0. The molecule has 1 aliphatic rings. The average Bonchev–Trinajstić information content (AvgIpc) is 2.57. The Labute approximate surface area is 148 Å². The highest BCUT2D eigenvalue weighted by Crippen LogP contribution is 2.27. The maximum Gasteiger partial charge on any atom is 0.251 e. The van der Waals surface area contributed by atoms with Crippen molar-refractivity contribution < 1.29 is 9.59 Å². The Morgan fingerprint density at radius 2 is 1.72 bits per heavy atom. The Morgan fingerprint density at radius 3 is 2.44 bits per heavy atom. The molecule has 0 radical (unpaired) electrons. The zero-order valence-corrected chi connectivity index (χ0v) is 15.1. The van der Waals surface area contributed by atoms with Crippen molar-refractivity contribution in [2.75, 3.05) is 18.0 Å².